The first-order chi connectivity index (χ1) is 14.7. The van der Waals surface area contributed by atoms with E-state index in [2.05, 4.69) is 47.6 Å². The van der Waals surface area contributed by atoms with Crippen LogP contribution in [0.2, 0.25) is 0 Å². The summed E-state index contributed by atoms with van der Waals surface area (Å²) in [4.78, 5) is 13.5. The molecule has 1 saturated heterocycles. The zero-order valence-corrected chi connectivity index (χ0v) is 17.7. The van der Waals surface area contributed by atoms with Crippen molar-refractivity contribution in [2.24, 2.45) is 5.92 Å². The lowest BCUT2D eigenvalue weighted by molar-refractivity contribution is 0.0834. The second-order valence-corrected chi connectivity index (χ2v) is 8.93. The molecule has 6 nitrogen and oxygen atoms in total. The van der Waals surface area contributed by atoms with Gasteiger partial charge in [0.05, 0.1) is 0 Å². The highest BCUT2D eigenvalue weighted by Gasteiger charge is 2.25. The number of benzene rings is 1. The largest absolute Gasteiger partial charge is 0.381 e. The lowest BCUT2D eigenvalue weighted by Gasteiger charge is -2.21. The fourth-order valence-corrected chi connectivity index (χ4v) is 5.08. The molecular weight excluding hydrogens is 376 g/mol. The predicted octanol–water partition coefficient (Wildman–Crippen LogP) is 3.87. The quantitative estimate of drug-likeness (QED) is 0.645. The van der Waals surface area contributed by atoms with Gasteiger partial charge in [-0.1, -0.05) is 37.1 Å². The van der Waals surface area contributed by atoms with Crippen molar-refractivity contribution in [3.8, 4) is 0 Å². The molecule has 0 radical (unpaired) electrons. The van der Waals surface area contributed by atoms with Gasteiger partial charge in [0.15, 0.2) is 0 Å². The molecule has 2 aliphatic rings. The zero-order chi connectivity index (χ0) is 20.5. The summed E-state index contributed by atoms with van der Waals surface area (Å²) in [6, 6.07) is 8.44. The van der Waals surface area contributed by atoms with Gasteiger partial charge in [-0.25, -0.2) is 0 Å². The van der Waals surface area contributed by atoms with Crippen molar-refractivity contribution in [2.45, 2.75) is 64.3 Å². The fraction of sp³-hybridized carbons (Fsp3) is 0.542. The molecule has 1 aliphatic carbocycles. The van der Waals surface area contributed by atoms with Crippen molar-refractivity contribution in [3.63, 3.8) is 0 Å². The first-order valence-electron chi connectivity index (χ1n) is 11.3. The van der Waals surface area contributed by atoms with Crippen LogP contribution in [0.3, 0.4) is 0 Å². The van der Waals surface area contributed by atoms with Crippen LogP contribution in [-0.4, -0.2) is 32.4 Å². The molecule has 1 saturated carbocycles. The number of hydrogen-bond acceptors (Lipinski definition) is 4. The third kappa shape index (κ3) is 3.69. The van der Waals surface area contributed by atoms with Crippen LogP contribution in [0, 0.1) is 12.8 Å². The van der Waals surface area contributed by atoms with Crippen LogP contribution in [0.1, 0.15) is 67.1 Å². The van der Waals surface area contributed by atoms with E-state index in [1.165, 1.54) is 36.8 Å². The zero-order valence-electron chi connectivity index (χ0n) is 17.7. The Bertz CT molecular complexity index is 1090. The molecule has 0 N–H and O–H groups in total. The van der Waals surface area contributed by atoms with Crippen molar-refractivity contribution in [1.82, 2.24) is 19.2 Å². The molecule has 0 spiro atoms. The number of nitrogens with zero attached hydrogens (tertiary/aromatic N) is 4. The van der Waals surface area contributed by atoms with E-state index < -0.39 is 0 Å². The monoisotopic (exact) mass is 406 g/mol. The van der Waals surface area contributed by atoms with E-state index in [-0.39, 0.29) is 5.56 Å². The standard InChI is InChI=1S/C24H30N4O2/c1-17-6-2-5-9-20(17)14-21-16-28-22(19-10-12-30-13-11-19)25-26-23(28)24(29)27(21)15-18-7-3-4-8-18/h2,5-6,9,16,18-19H,3-4,7-8,10-15H2,1H3. The van der Waals surface area contributed by atoms with E-state index in [9.17, 15) is 4.79 Å². The maximum Gasteiger partial charge on any atom is 0.296 e. The summed E-state index contributed by atoms with van der Waals surface area (Å²) >= 11 is 0. The van der Waals surface area contributed by atoms with Gasteiger partial charge >= 0.3 is 0 Å². The maximum absolute atomic E-state index is 13.5. The molecule has 2 aromatic heterocycles. The van der Waals surface area contributed by atoms with Crippen LogP contribution in [0.25, 0.3) is 5.65 Å². The Morgan fingerprint density at radius 3 is 2.60 bits per heavy atom. The second-order valence-electron chi connectivity index (χ2n) is 8.93. The number of aromatic nitrogens is 4. The molecule has 0 amide bonds. The van der Waals surface area contributed by atoms with E-state index in [4.69, 9.17) is 4.74 Å². The van der Waals surface area contributed by atoms with E-state index in [0.29, 0.717) is 17.5 Å². The Kier molecular flexibility index (Phi) is 5.42. The Hall–Kier alpha value is -2.47. The van der Waals surface area contributed by atoms with E-state index >= 15 is 0 Å². The summed E-state index contributed by atoms with van der Waals surface area (Å²) in [6.45, 7) is 4.41. The minimum atomic E-state index is -0.00112. The smallest absolute Gasteiger partial charge is 0.296 e. The lowest BCUT2D eigenvalue weighted by atomic mass is 9.99. The Morgan fingerprint density at radius 2 is 1.83 bits per heavy atom. The third-order valence-corrected chi connectivity index (χ3v) is 6.92. The van der Waals surface area contributed by atoms with Gasteiger partial charge in [-0.2, -0.15) is 0 Å². The summed E-state index contributed by atoms with van der Waals surface area (Å²) in [5.41, 5.74) is 4.03. The summed E-state index contributed by atoms with van der Waals surface area (Å²) in [5, 5.41) is 8.80. The highest BCUT2D eigenvalue weighted by atomic mass is 16.5. The van der Waals surface area contributed by atoms with E-state index in [1.807, 2.05) is 8.97 Å². The topological polar surface area (TPSA) is 61.4 Å². The molecule has 0 bridgehead atoms. The fourth-order valence-electron chi connectivity index (χ4n) is 5.08. The number of aryl methyl sites for hydroxylation is 1. The first-order valence-corrected chi connectivity index (χ1v) is 11.3. The summed E-state index contributed by atoms with van der Waals surface area (Å²) in [5.74, 6) is 1.79. The molecule has 3 aromatic rings. The average Bonchev–Trinajstić information content (AvgIpc) is 3.43. The van der Waals surface area contributed by atoms with Gasteiger partial charge in [-0.05, 0) is 49.7 Å². The van der Waals surface area contributed by atoms with Crippen LogP contribution in [0.4, 0.5) is 0 Å². The number of hydrogen-bond donors (Lipinski definition) is 0. The summed E-state index contributed by atoms with van der Waals surface area (Å²) < 4.78 is 9.48. The van der Waals surface area contributed by atoms with Gasteiger partial charge in [-0.15, -0.1) is 10.2 Å². The van der Waals surface area contributed by atoms with E-state index in [1.54, 1.807) is 0 Å². The Labute approximate surface area is 176 Å². The molecule has 0 unspecified atom stereocenters. The average molecular weight is 407 g/mol. The van der Waals surface area contributed by atoms with Crippen LogP contribution in [0.15, 0.2) is 35.3 Å². The van der Waals surface area contributed by atoms with Crippen LogP contribution in [-0.2, 0) is 17.7 Å². The Balaban J connectivity index is 1.61. The molecule has 30 heavy (non-hydrogen) atoms. The molecule has 5 rings (SSSR count). The molecule has 1 aromatic carbocycles. The number of fused-ring (bicyclic) bond motifs is 1. The van der Waals surface area contributed by atoms with Gasteiger partial charge in [0.1, 0.15) is 5.82 Å². The van der Waals surface area contributed by atoms with Crippen LogP contribution >= 0.6 is 0 Å². The molecule has 2 fully saturated rings. The molecule has 158 valence electrons. The molecule has 3 heterocycles. The van der Waals surface area contributed by atoms with Gasteiger partial charge in [0, 0.05) is 44.0 Å². The van der Waals surface area contributed by atoms with Crippen molar-refractivity contribution >= 4 is 5.65 Å². The summed E-state index contributed by atoms with van der Waals surface area (Å²) in [6.07, 6.45) is 9.70. The van der Waals surface area contributed by atoms with Crippen LogP contribution < -0.4 is 5.56 Å². The minimum absolute atomic E-state index is 0.00112. The lowest BCUT2D eigenvalue weighted by Crippen LogP contribution is -2.29. The second kappa shape index (κ2) is 8.34. The van der Waals surface area contributed by atoms with Crippen molar-refractivity contribution in [3.05, 3.63) is 63.5 Å². The van der Waals surface area contributed by atoms with Gasteiger partial charge in [0.2, 0.25) is 5.65 Å². The van der Waals surface area contributed by atoms with Crippen LogP contribution in [0.5, 0.6) is 0 Å². The maximum atomic E-state index is 13.5. The third-order valence-electron chi connectivity index (χ3n) is 6.92. The van der Waals surface area contributed by atoms with Crippen molar-refractivity contribution in [2.75, 3.05) is 13.2 Å². The molecule has 1 aliphatic heterocycles. The Morgan fingerprint density at radius 1 is 1.07 bits per heavy atom. The van der Waals surface area contributed by atoms with Gasteiger partial charge < -0.3 is 9.30 Å². The van der Waals surface area contributed by atoms with Gasteiger partial charge in [-0.3, -0.25) is 9.20 Å². The summed E-state index contributed by atoms with van der Waals surface area (Å²) in [7, 11) is 0. The van der Waals surface area contributed by atoms with Crippen molar-refractivity contribution in [1.29, 1.82) is 0 Å². The first kappa shape index (κ1) is 19.5. The van der Waals surface area contributed by atoms with E-state index in [0.717, 1.165) is 50.5 Å². The highest BCUT2D eigenvalue weighted by molar-refractivity contribution is 5.39. The highest BCUT2D eigenvalue weighted by Crippen LogP contribution is 2.28. The van der Waals surface area contributed by atoms with Crippen molar-refractivity contribution < 1.29 is 4.74 Å². The SMILES string of the molecule is Cc1ccccc1Cc1cn2c(C3CCOCC3)nnc2c(=O)n1CC1CCCC1. The molecular formula is C24H30N4O2. The molecule has 6 heteroatoms. The number of ether oxygens (including phenoxy) is 1. The minimum Gasteiger partial charge on any atom is -0.381 e. The number of rotatable bonds is 5. The van der Waals surface area contributed by atoms with Gasteiger partial charge in [0.25, 0.3) is 5.56 Å². The molecule has 0 atom stereocenters. The normalized spacial score (nSPS) is 18.4. The predicted molar refractivity (Wildman–Crippen MR) is 116 cm³/mol.